The van der Waals surface area contributed by atoms with E-state index in [2.05, 4.69) is 0 Å². The molecule has 0 unspecified atom stereocenters. The Bertz CT molecular complexity index is 936. The molecule has 0 fully saturated rings. The molecule has 0 radical (unpaired) electrons. The summed E-state index contributed by atoms with van der Waals surface area (Å²) >= 11 is 5.98. The Balaban J connectivity index is 1.69. The van der Waals surface area contributed by atoms with Gasteiger partial charge in [0, 0.05) is 16.1 Å². The van der Waals surface area contributed by atoms with Crippen LogP contribution in [0, 0.1) is 0 Å². The number of para-hydroxylation sites is 1. The van der Waals surface area contributed by atoms with Crippen molar-refractivity contribution < 1.29 is 9.53 Å². The van der Waals surface area contributed by atoms with Crippen molar-refractivity contribution >= 4 is 28.5 Å². The molecule has 0 bridgehead atoms. The molecule has 1 aromatic heterocycles. The molecule has 0 amide bonds. The smallest absolute Gasteiger partial charge is 0.339 e. The average Bonchev–Trinajstić information content (AvgIpc) is 3.05. The molecular weight excluding hydrogens is 322 g/mol. The summed E-state index contributed by atoms with van der Waals surface area (Å²) < 4.78 is 5.58. The molecule has 3 aromatic rings. The molecule has 24 heavy (non-hydrogen) atoms. The predicted octanol–water partition coefficient (Wildman–Crippen LogP) is 4.73. The van der Waals surface area contributed by atoms with Crippen molar-refractivity contribution in [3.05, 3.63) is 75.9 Å². The van der Waals surface area contributed by atoms with E-state index in [0.29, 0.717) is 10.6 Å². The minimum Gasteiger partial charge on any atom is -0.457 e. The third kappa shape index (κ3) is 2.76. The number of aromatic nitrogens is 1. The van der Waals surface area contributed by atoms with Gasteiger partial charge in [0.15, 0.2) is 0 Å². The number of hydrogen-bond donors (Lipinski definition) is 0. The molecule has 0 saturated carbocycles. The summed E-state index contributed by atoms with van der Waals surface area (Å²) in [6.45, 7) is 0.213. The Morgan fingerprint density at radius 2 is 2.00 bits per heavy atom. The number of esters is 1. The van der Waals surface area contributed by atoms with Crippen molar-refractivity contribution in [1.29, 1.82) is 0 Å². The topological polar surface area (TPSA) is 39.2 Å². The molecular formula is C20H16ClNO2. The highest BCUT2D eigenvalue weighted by Gasteiger charge is 2.24. The fourth-order valence-electron chi connectivity index (χ4n) is 3.29. The van der Waals surface area contributed by atoms with Crippen LogP contribution in [0.25, 0.3) is 10.9 Å². The van der Waals surface area contributed by atoms with Crippen LogP contribution in [-0.4, -0.2) is 11.0 Å². The van der Waals surface area contributed by atoms with Crippen LogP contribution in [0.1, 0.15) is 33.6 Å². The van der Waals surface area contributed by atoms with Gasteiger partial charge >= 0.3 is 5.97 Å². The second kappa shape index (κ2) is 6.25. The number of ether oxygens (including phenoxy) is 1. The second-order valence-corrected chi connectivity index (χ2v) is 6.43. The van der Waals surface area contributed by atoms with Crippen molar-refractivity contribution in [2.75, 3.05) is 0 Å². The Kier molecular flexibility index (Phi) is 3.95. The number of carbonyl (C=O) groups excluding carboxylic acids is 1. The summed E-state index contributed by atoms with van der Waals surface area (Å²) in [6.07, 6.45) is 2.84. The fourth-order valence-corrected chi connectivity index (χ4v) is 3.50. The monoisotopic (exact) mass is 337 g/mol. The van der Waals surface area contributed by atoms with Crippen LogP contribution >= 0.6 is 11.6 Å². The lowest BCUT2D eigenvalue weighted by molar-refractivity contribution is 0.0474. The fraction of sp³-hybridized carbons (Fsp3) is 0.200. The van der Waals surface area contributed by atoms with E-state index >= 15 is 0 Å². The maximum absolute atomic E-state index is 12.8. The summed E-state index contributed by atoms with van der Waals surface area (Å²) in [5.74, 6) is -0.285. The summed E-state index contributed by atoms with van der Waals surface area (Å²) in [7, 11) is 0. The van der Waals surface area contributed by atoms with Crippen molar-refractivity contribution in [3.63, 3.8) is 0 Å². The van der Waals surface area contributed by atoms with Gasteiger partial charge in [-0.3, -0.25) is 4.98 Å². The second-order valence-electron chi connectivity index (χ2n) is 5.99. The van der Waals surface area contributed by atoms with Crippen LogP contribution in [0.3, 0.4) is 0 Å². The van der Waals surface area contributed by atoms with Crippen molar-refractivity contribution in [3.8, 4) is 0 Å². The van der Waals surface area contributed by atoms with Crippen LogP contribution in [0.4, 0.5) is 0 Å². The van der Waals surface area contributed by atoms with Crippen LogP contribution in [0.5, 0.6) is 0 Å². The molecule has 0 N–H and O–H groups in total. The Morgan fingerprint density at radius 3 is 2.88 bits per heavy atom. The van der Waals surface area contributed by atoms with E-state index in [4.69, 9.17) is 21.3 Å². The summed E-state index contributed by atoms with van der Waals surface area (Å²) in [4.78, 5) is 17.5. The highest BCUT2D eigenvalue weighted by atomic mass is 35.5. The molecule has 1 aliphatic rings. The van der Waals surface area contributed by atoms with Gasteiger partial charge in [-0.15, -0.1) is 0 Å². The molecule has 0 aliphatic heterocycles. The number of fused-ring (bicyclic) bond motifs is 2. The molecule has 120 valence electrons. The van der Waals surface area contributed by atoms with Gasteiger partial charge < -0.3 is 4.74 Å². The predicted molar refractivity (Wildman–Crippen MR) is 94.3 cm³/mol. The lowest BCUT2D eigenvalue weighted by atomic mass is 10.0. The average molecular weight is 338 g/mol. The highest BCUT2D eigenvalue weighted by molar-refractivity contribution is 6.30. The molecule has 4 rings (SSSR count). The third-order valence-electron chi connectivity index (χ3n) is 4.38. The SMILES string of the molecule is O=C(OCc1cccc(Cl)c1)c1c2c(nc3ccccc13)CCC2. The zero-order chi connectivity index (χ0) is 16.5. The molecule has 4 heteroatoms. The van der Waals surface area contributed by atoms with E-state index in [1.54, 1.807) is 6.07 Å². The van der Waals surface area contributed by atoms with Gasteiger partial charge in [0.2, 0.25) is 0 Å². The van der Waals surface area contributed by atoms with Gasteiger partial charge in [-0.25, -0.2) is 4.79 Å². The maximum Gasteiger partial charge on any atom is 0.339 e. The van der Waals surface area contributed by atoms with Crippen molar-refractivity contribution in [2.24, 2.45) is 0 Å². The van der Waals surface area contributed by atoms with E-state index in [0.717, 1.165) is 47.0 Å². The van der Waals surface area contributed by atoms with E-state index < -0.39 is 0 Å². The van der Waals surface area contributed by atoms with Gasteiger partial charge in [-0.1, -0.05) is 41.9 Å². The molecule has 0 saturated heterocycles. The molecule has 3 nitrogen and oxygen atoms in total. The van der Waals surface area contributed by atoms with Gasteiger partial charge in [-0.2, -0.15) is 0 Å². The summed E-state index contributed by atoms with van der Waals surface area (Å²) in [5, 5.41) is 1.51. The number of hydrogen-bond acceptors (Lipinski definition) is 3. The number of aryl methyl sites for hydroxylation is 1. The first kappa shape index (κ1) is 15.2. The maximum atomic E-state index is 12.8. The number of pyridine rings is 1. The lowest BCUT2D eigenvalue weighted by Crippen LogP contribution is -2.10. The first-order valence-electron chi connectivity index (χ1n) is 8.04. The van der Waals surface area contributed by atoms with Gasteiger partial charge in [0.1, 0.15) is 6.61 Å². The molecule has 2 aromatic carbocycles. The zero-order valence-electron chi connectivity index (χ0n) is 13.1. The number of rotatable bonds is 3. The van der Waals surface area contributed by atoms with E-state index in [1.165, 1.54) is 0 Å². The Morgan fingerprint density at radius 1 is 1.12 bits per heavy atom. The quantitative estimate of drug-likeness (QED) is 0.648. The van der Waals surface area contributed by atoms with Gasteiger partial charge in [-0.05, 0) is 48.6 Å². The van der Waals surface area contributed by atoms with Crippen molar-refractivity contribution in [1.82, 2.24) is 4.98 Å². The van der Waals surface area contributed by atoms with Crippen LogP contribution in [-0.2, 0) is 24.2 Å². The Labute approximate surface area is 145 Å². The van der Waals surface area contributed by atoms with Crippen LogP contribution in [0.15, 0.2) is 48.5 Å². The van der Waals surface area contributed by atoms with Crippen LogP contribution in [0.2, 0.25) is 5.02 Å². The number of carbonyl (C=O) groups is 1. The first-order valence-corrected chi connectivity index (χ1v) is 8.42. The highest BCUT2D eigenvalue weighted by Crippen LogP contribution is 2.30. The molecule has 1 heterocycles. The number of nitrogens with zero attached hydrogens (tertiary/aromatic N) is 1. The van der Waals surface area contributed by atoms with E-state index in [-0.39, 0.29) is 12.6 Å². The summed E-state index contributed by atoms with van der Waals surface area (Å²) in [6, 6.07) is 15.1. The molecule has 0 spiro atoms. The standard InChI is InChI=1S/C20H16ClNO2/c21-14-6-3-5-13(11-14)12-24-20(23)19-15-7-1-2-9-17(15)22-18-10-4-8-16(18)19/h1-3,5-7,9,11H,4,8,10,12H2. The molecule has 0 atom stereocenters. The normalized spacial score (nSPS) is 13.0. The lowest BCUT2D eigenvalue weighted by Gasteiger charge is -2.12. The summed E-state index contributed by atoms with van der Waals surface area (Å²) in [5.41, 5.74) is 4.49. The zero-order valence-corrected chi connectivity index (χ0v) is 13.8. The van der Waals surface area contributed by atoms with Crippen molar-refractivity contribution in [2.45, 2.75) is 25.9 Å². The van der Waals surface area contributed by atoms with Gasteiger partial charge in [0.25, 0.3) is 0 Å². The first-order chi connectivity index (χ1) is 11.7. The molecule has 1 aliphatic carbocycles. The number of halogens is 1. The Hall–Kier alpha value is -2.39. The third-order valence-corrected chi connectivity index (χ3v) is 4.62. The number of benzene rings is 2. The minimum absolute atomic E-state index is 0.213. The minimum atomic E-state index is -0.285. The van der Waals surface area contributed by atoms with Gasteiger partial charge in [0.05, 0.1) is 11.1 Å². The van der Waals surface area contributed by atoms with Crippen LogP contribution < -0.4 is 0 Å². The van der Waals surface area contributed by atoms with E-state index in [9.17, 15) is 4.79 Å². The van der Waals surface area contributed by atoms with E-state index in [1.807, 2.05) is 42.5 Å². The largest absolute Gasteiger partial charge is 0.457 e.